The van der Waals surface area contributed by atoms with E-state index in [0.717, 1.165) is 30.3 Å². The van der Waals surface area contributed by atoms with E-state index in [1.54, 1.807) is 11.3 Å². The van der Waals surface area contributed by atoms with Gasteiger partial charge in [-0.2, -0.15) is 0 Å². The SMILES string of the molecule is O=c1[nH][nH]c2nc(-c3cccs3)c3c(c12)CCCCCCCCCC3. The molecule has 4 nitrogen and oxygen atoms in total. The van der Waals surface area contributed by atoms with E-state index < -0.39 is 0 Å². The molecule has 0 fully saturated rings. The van der Waals surface area contributed by atoms with Gasteiger partial charge in [-0.15, -0.1) is 11.3 Å². The van der Waals surface area contributed by atoms with Gasteiger partial charge < -0.3 is 0 Å². The molecule has 1 aliphatic carbocycles. The third-order valence-corrected chi connectivity index (χ3v) is 6.17. The van der Waals surface area contributed by atoms with E-state index in [1.165, 1.54) is 60.9 Å². The lowest BCUT2D eigenvalue weighted by Crippen LogP contribution is -2.07. The number of aryl methyl sites for hydroxylation is 1. The summed E-state index contributed by atoms with van der Waals surface area (Å²) in [6.45, 7) is 0. The predicted octanol–water partition coefficient (Wildman–Crippen LogP) is 5.20. The second-order valence-corrected chi connectivity index (χ2v) is 7.97. The lowest BCUT2D eigenvalue weighted by atomic mass is 9.92. The summed E-state index contributed by atoms with van der Waals surface area (Å²) in [5, 5.41) is 8.61. The van der Waals surface area contributed by atoms with Crippen LogP contribution in [0, 0.1) is 0 Å². The normalized spacial score (nSPS) is 17.0. The van der Waals surface area contributed by atoms with Gasteiger partial charge in [0.15, 0.2) is 5.65 Å². The van der Waals surface area contributed by atoms with Crippen molar-refractivity contribution < 1.29 is 0 Å². The summed E-state index contributed by atoms with van der Waals surface area (Å²) in [4.78, 5) is 18.4. The number of thiophene rings is 1. The Hall–Kier alpha value is -1.88. The van der Waals surface area contributed by atoms with E-state index in [2.05, 4.69) is 27.7 Å². The standard InChI is InChI=1S/C20H25N3OS/c24-20-17-14-10-7-5-3-1-2-4-6-8-11-15(14)18(16-12-9-13-25-16)21-19(17)22-23-20/h9,12-13H,1-8,10-11H2,(H2,21,22,23,24). The van der Waals surface area contributed by atoms with Crippen molar-refractivity contribution >= 4 is 22.4 Å². The van der Waals surface area contributed by atoms with Crippen LogP contribution in [-0.2, 0) is 12.8 Å². The second-order valence-electron chi connectivity index (χ2n) is 7.03. The van der Waals surface area contributed by atoms with Crippen LogP contribution < -0.4 is 5.56 Å². The fraction of sp³-hybridized carbons (Fsp3) is 0.500. The first-order valence-corrected chi connectivity index (χ1v) is 10.4. The number of pyridine rings is 1. The van der Waals surface area contributed by atoms with Crippen molar-refractivity contribution in [2.75, 3.05) is 0 Å². The number of aromatic nitrogens is 3. The number of rotatable bonds is 1. The Morgan fingerprint density at radius 3 is 2.24 bits per heavy atom. The fourth-order valence-electron chi connectivity index (χ4n) is 4.01. The van der Waals surface area contributed by atoms with Crippen molar-refractivity contribution in [1.82, 2.24) is 15.2 Å². The molecule has 0 bridgehead atoms. The highest BCUT2D eigenvalue weighted by Gasteiger charge is 2.20. The zero-order valence-electron chi connectivity index (χ0n) is 14.6. The van der Waals surface area contributed by atoms with Crippen molar-refractivity contribution in [3.05, 3.63) is 39.0 Å². The molecular weight excluding hydrogens is 330 g/mol. The molecule has 0 amide bonds. The first-order chi connectivity index (χ1) is 12.3. The summed E-state index contributed by atoms with van der Waals surface area (Å²) in [5.74, 6) is 0. The van der Waals surface area contributed by atoms with Crippen LogP contribution in [0.5, 0.6) is 0 Å². The fourth-order valence-corrected chi connectivity index (χ4v) is 4.75. The molecule has 0 radical (unpaired) electrons. The van der Waals surface area contributed by atoms with Gasteiger partial charge in [0.05, 0.1) is 16.0 Å². The van der Waals surface area contributed by atoms with E-state index in [-0.39, 0.29) is 5.56 Å². The third-order valence-electron chi connectivity index (χ3n) is 5.29. The Bertz CT molecular complexity index is 892. The Morgan fingerprint density at radius 1 is 0.880 bits per heavy atom. The maximum absolute atomic E-state index is 12.4. The topological polar surface area (TPSA) is 61.5 Å². The van der Waals surface area contributed by atoms with E-state index in [9.17, 15) is 4.79 Å². The minimum absolute atomic E-state index is 0.0245. The lowest BCUT2D eigenvalue weighted by molar-refractivity contribution is 0.560. The molecule has 25 heavy (non-hydrogen) atoms. The molecule has 1 aliphatic rings. The van der Waals surface area contributed by atoms with Gasteiger partial charge in [-0.05, 0) is 48.3 Å². The molecule has 0 aromatic carbocycles. The molecule has 2 N–H and O–H groups in total. The average molecular weight is 356 g/mol. The highest BCUT2D eigenvalue weighted by atomic mass is 32.1. The summed E-state index contributed by atoms with van der Waals surface area (Å²) < 4.78 is 0. The van der Waals surface area contributed by atoms with Gasteiger partial charge in [0, 0.05) is 0 Å². The molecular formula is C20H25N3OS. The van der Waals surface area contributed by atoms with Crippen molar-refractivity contribution in [2.45, 2.75) is 64.2 Å². The molecule has 0 atom stereocenters. The van der Waals surface area contributed by atoms with Gasteiger partial charge >= 0.3 is 0 Å². The third kappa shape index (κ3) is 3.43. The van der Waals surface area contributed by atoms with Gasteiger partial charge in [-0.1, -0.05) is 44.6 Å². The van der Waals surface area contributed by atoms with Gasteiger partial charge in [-0.3, -0.25) is 15.0 Å². The minimum Gasteiger partial charge on any atom is -0.281 e. The molecule has 3 aromatic rings. The Morgan fingerprint density at radius 2 is 1.56 bits per heavy atom. The van der Waals surface area contributed by atoms with E-state index >= 15 is 0 Å². The second kappa shape index (κ2) is 7.56. The van der Waals surface area contributed by atoms with Gasteiger partial charge in [-0.25, -0.2) is 4.98 Å². The maximum Gasteiger partial charge on any atom is 0.273 e. The number of H-pyrrole nitrogens is 2. The minimum atomic E-state index is -0.0245. The number of hydrogen-bond donors (Lipinski definition) is 2. The van der Waals surface area contributed by atoms with E-state index in [4.69, 9.17) is 4.98 Å². The van der Waals surface area contributed by atoms with Crippen molar-refractivity contribution in [2.24, 2.45) is 0 Å². The summed E-state index contributed by atoms with van der Waals surface area (Å²) >= 11 is 1.73. The Kier molecular flexibility index (Phi) is 5.02. The van der Waals surface area contributed by atoms with Crippen LogP contribution in [0.2, 0.25) is 0 Å². The quantitative estimate of drug-likeness (QED) is 0.630. The molecule has 0 aliphatic heterocycles. The molecule has 3 aromatic heterocycles. The molecule has 3 heterocycles. The summed E-state index contributed by atoms with van der Waals surface area (Å²) in [6, 6.07) is 4.22. The van der Waals surface area contributed by atoms with Crippen LogP contribution in [0.15, 0.2) is 22.3 Å². The number of nitrogens with zero attached hydrogens (tertiary/aromatic N) is 1. The van der Waals surface area contributed by atoms with Crippen LogP contribution in [0.25, 0.3) is 21.6 Å². The molecule has 0 unspecified atom stereocenters. The summed E-state index contributed by atoms with van der Waals surface area (Å²) in [5.41, 5.74) is 4.30. The van der Waals surface area contributed by atoms with Crippen LogP contribution >= 0.6 is 11.3 Å². The van der Waals surface area contributed by atoms with Crippen LogP contribution in [-0.4, -0.2) is 15.2 Å². The Balaban J connectivity index is 1.87. The summed E-state index contributed by atoms with van der Waals surface area (Å²) in [7, 11) is 0. The van der Waals surface area contributed by atoms with Gasteiger partial charge in [0.1, 0.15) is 0 Å². The van der Waals surface area contributed by atoms with Gasteiger partial charge in [0.2, 0.25) is 0 Å². The molecule has 0 saturated carbocycles. The average Bonchev–Trinajstić information content (AvgIpc) is 3.25. The molecule has 5 heteroatoms. The molecule has 4 rings (SSSR count). The predicted molar refractivity (Wildman–Crippen MR) is 104 cm³/mol. The van der Waals surface area contributed by atoms with Crippen LogP contribution in [0.1, 0.15) is 62.5 Å². The monoisotopic (exact) mass is 355 g/mol. The largest absolute Gasteiger partial charge is 0.281 e. The first kappa shape index (κ1) is 16.6. The zero-order valence-corrected chi connectivity index (χ0v) is 15.4. The van der Waals surface area contributed by atoms with Gasteiger partial charge in [0.25, 0.3) is 5.56 Å². The lowest BCUT2D eigenvalue weighted by Gasteiger charge is -2.15. The molecule has 0 spiro atoms. The highest BCUT2D eigenvalue weighted by molar-refractivity contribution is 7.13. The van der Waals surface area contributed by atoms with Crippen molar-refractivity contribution in [3.63, 3.8) is 0 Å². The number of fused-ring (bicyclic) bond motifs is 3. The van der Waals surface area contributed by atoms with E-state index in [1.807, 2.05) is 0 Å². The smallest absolute Gasteiger partial charge is 0.273 e. The zero-order chi connectivity index (χ0) is 17.1. The molecule has 132 valence electrons. The van der Waals surface area contributed by atoms with Crippen LogP contribution in [0.3, 0.4) is 0 Å². The van der Waals surface area contributed by atoms with Crippen LogP contribution in [0.4, 0.5) is 0 Å². The van der Waals surface area contributed by atoms with Crippen molar-refractivity contribution in [3.8, 4) is 10.6 Å². The van der Waals surface area contributed by atoms with E-state index in [0.29, 0.717) is 5.65 Å². The first-order valence-electron chi connectivity index (χ1n) is 9.50. The number of hydrogen-bond acceptors (Lipinski definition) is 3. The van der Waals surface area contributed by atoms with Crippen molar-refractivity contribution in [1.29, 1.82) is 0 Å². The summed E-state index contributed by atoms with van der Waals surface area (Å²) in [6.07, 6.45) is 12.2. The number of aromatic amines is 2. The highest BCUT2D eigenvalue weighted by Crippen LogP contribution is 2.33. The number of nitrogens with one attached hydrogen (secondary N) is 2. The maximum atomic E-state index is 12.4. The molecule has 0 saturated heterocycles. The Labute approximate surface area is 151 Å².